The molecule has 0 radical (unpaired) electrons. The van der Waals surface area contributed by atoms with Gasteiger partial charge in [-0.3, -0.25) is 24.0 Å². The van der Waals surface area contributed by atoms with Crippen molar-refractivity contribution in [2.45, 2.75) is 84.0 Å². The SMILES string of the molecule is CC(C)OC(=O)[C@H](C)N[P@@](=O)(Cc1ccccc1)OC[C@H]1O[C@@H](n2cnc3c(N(C)C)nc(NC(=O)C(C)C)nc32)[C@](C)(F)[C@@H]1O. The molecule has 6 atom stereocenters. The van der Waals surface area contributed by atoms with Crippen molar-refractivity contribution in [1.82, 2.24) is 24.6 Å². The Kier molecular flexibility index (Phi) is 10.8. The van der Waals surface area contributed by atoms with E-state index in [9.17, 15) is 19.3 Å². The first kappa shape index (κ1) is 35.4. The predicted octanol–water partition coefficient (Wildman–Crippen LogP) is 3.81. The van der Waals surface area contributed by atoms with Crippen molar-refractivity contribution in [3.63, 3.8) is 0 Å². The summed E-state index contributed by atoms with van der Waals surface area (Å²) >= 11 is 0. The second-order valence-electron chi connectivity index (χ2n) is 12.3. The molecule has 46 heavy (non-hydrogen) atoms. The average Bonchev–Trinajstić information content (AvgIpc) is 3.48. The number of hydrogen-bond donors (Lipinski definition) is 3. The van der Waals surface area contributed by atoms with Gasteiger partial charge in [0.25, 0.3) is 7.52 Å². The van der Waals surface area contributed by atoms with Crippen LogP contribution in [0.5, 0.6) is 0 Å². The van der Waals surface area contributed by atoms with Crippen LogP contribution in [-0.2, 0) is 34.3 Å². The van der Waals surface area contributed by atoms with Gasteiger partial charge >= 0.3 is 5.97 Å². The number of rotatable bonds is 13. The fraction of sp³-hybridized carbons (Fsp3) is 0.567. The third-order valence-electron chi connectivity index (χ3n) is 7.33. The van der Waals surface area contributed by atoms with Crippen LogP contribution < -0.4 is 15.3 Å². The number of nitrogens with one attached hydrogen (secondary N) is 2. The van der Waals surface area contributed by atoms with Gasteiger partial charge in [-0.2, -0.15) is 9.97 Å². The van der Waals surface area contributed by atoms with Crippen LogP contribution in [0.1, 0.15) is 53.3 Å². The highest BCUT2D eigenvalue weighted by atomic mass is 31.2. The number of alkyl halides is 1. The molecule has 1 aliphatic rings. The van der Waals surface area contributed by atoms with Crippen LogP contribution in [0.3, 0.4) is 0 Å². The number of carbonyl (C=O) groups excluding carboxylic acids is 2. The van der Waals surface area contributed by atoms with Crippen LogP contribution in [0, 0.1) is 5.92 Å². The van der Waals surface area contributed by atoms with Crippen LogP contribution >= 0.6 is 7.52 Å². The molecular weight excluding hydrogens is 620 g/mol. The highest BCUT2D eigenvalue weighted by Crippen LogP contribution is 2.49. The lowest BCUT2D eigenvalue weighted by Gasteiger charge is -2.26. The van der Waals surface area contributed by atoms with Crippen molar-refractivity contribution >= 4 is 42.3 Å². The number of nitrogens with zero attached hydrogens (tertiary/aromatic N) is 5. The standard InChI is InChI=1S/C30H43FN7O7P/c1-17(2)26(40)35-29-33-24(37(7)8)22-25(34-29)38(16-32-22)28-30(6,31)23(39)21(45-28)14-43-46(42,15-20-12-10-9-11-13-20)36-19(5)27(41)44-18(3)4/h9-13,16-19,21,23,28,39H,14-15H2,1-8H3,(H,36,42)(H,33,34,35,40)/t19-,21+,23+,28+,30+,46+/m0/s1. The number of esters is 1. The maximum Gasteiger partial charge on any atom is 0.323 e. The normalized spacial score (nSPS) is 23.4. The van der Waals surface area contributed by atoms with E-state index in [1.54, 1.807) is 71.0 Å². The van der Waals surface area contributed by atoms with E-state index < -0.39 is 50.2 Å². The van der Waals surface area contributed by atoms with Crippen molar-refractivity contribution in [2.24, 2.45) is 5.92 Å². The molecule has 3 heterocycles. The van der Waals surface area contributed by atoms with Gasteiger partial charge in [-0.25, -0.2) is 14.5 Å². The number of anilines is 2. The van der Waals surface area contributed by atoms with Crippen molar-refractivity contribution in [3.05, 3.63) is 42.2 Å². The first-order chi connectivity index (χ1) is 21.5. The van der Waals surface area contributed by atoms with E-state index in [1.165, 1.54) is 24.7 Å². The van der Waals surface area contributed by atoms with E-state index in [1.807, 2.05) is 6.07 Å². The summed E-state index contributed by atoms with van der Waals surface area (Å²) in [5.74, 6) is -0.897. The summed E-state index contributed by atoms with van der Waals surface area (Å²) in [6.45, 7) is 9.06. The Balaban J connectivity index is 1.61. The fourth-order valence-electron chi connectivity index (χ4n) is 4.87. The van der Waals surface area contributed by atoms with Crippen molar-refractivity contribution < 1.29 is 37.6 Å². The smallest absolute Gasteiger partial charge is 0.323 e. The molecule has 252 valence electrons. The van der Waals surface area contributed by atoms with Gasteiger partial charge in [0, 0.05) is 20.0 Å². The molecule has 0 spiro atoms. The number of hydrogen-bond acceptors (Lipinski definition) is 11. The van der Waals surface area contributed by atoms with Gasteiger partial charge in [-0.15, -0.1) is 0 Å². The highest BCUT2D eigenvalue weighted by molar-refractivity contribution is 7.56. The molecule has 14 nitrogen and oxygen atoms in total. The summed E-state index contributed by atoms with van der Waals surface area (Å²) in [6, 6.07) is 7.90. The topological polar surface area (TPSA) is 170 Å². The minimum atomic E-state index is -3.83. The van der Waals surface area contributed by atoms with Gasteiger partial charge in [0.2, 0.25) is 11.9 Å². The zero-order chi connectivity index (χ0) is 34.0. The summed E-state index contributed by atoms with van der Waals surface area (Å²) in [5, 5.41) is 16.5. The molecule has 1 amide bonds. The lowest BCUT2D eigenvalue weighted by Crippen LogP contribution is -2.41. The average molecular weight is 664 g/mol. The number of benzene rings is 1. The number of amides is 1. The molecule has 1 saturated heterocycles. The lowest BCUT2D eigenvalue weighted by atomic mass is 9.98. The molecule has 1 aromatic carbocycles. The summed E-state index contributed by atoms with van der Waals surface area (Å²) in [4.78, 5) is 39.8. The molecule has 16 heteroatoms. The molecule has 3 N–H and O–H groups in total. The first-order valence-electron chi connectivity index (χ1n) is 15.0. The molecule has 1 fully saturated rings. The molecule has 0 saturated carbocycles. The highest BCUT2D eigenvalue weighted by Gasteiger charge is 2.56. The van der Waals surface area contributed by atoms with E-state index in [4.69, 9.17) is 14.0 Å². The minimum Gasteiger partial charge on any atom is -0.462 e. The van der Waals surface area contributed by atoms with E-state index >= 15 is 4.39 Å². The van der Waals surface area contributed by atoms with Crippen LogP contribution in [0.2, 0.25) is 0 Å². The molecule has 0 bridgehead atoms. The third kappa shape index (κ3) is 7.89. The second kappa shape index (κ2) is 14.1. The minimum absolute atomic E-state index is 0.00585. The molecular formula is C30H43FN7O7P. The summed E-state index contributed by atoms with van der Waals surface area (Å²) in [5.41, 5.74) is -1.22. The van der Waals surface area contributed by atoms with Crippen LogP contribution in [0.4, 0.5) is 16.2 Å². The number of halogens is 1. The van der Waals surface area contributed by atoms with E-state index in [0.717, 1.165) is 0 Å². The number of aliphatic hydroxyl groups is 1. The molecule has 1 aliphatic heterocycles. The number of fused-ring (bicyclic) bond motifs is 1. The number of ether oxygens (including phenoxy) is 2. The third-order valence-corrected chi connectivity index (χ3v) is 9.46. The largest absolute Gasteiger partial charge is 0.462 e. The quantitative estimate of drug-likeness (QED) is 0.179. The lowest BCUT2D eigenvalue weighted by molar-refractivity contribution is -0.149. The monoisotopic (exact) mass is 663 g/mol. The fourth-order valence-corrected chi connectivity index (χ4v) is 6.91. The van der Waals surface area contributed by atoms with E-state index in [-0.39, 0.29) is 35.7 Å². The first-order valence-corrected chi connectivity index (χ1v) is 16.8. The Bertz CT molecular complexity index is 1580. The van der Waals surface area contributed by atoms with Crippen molar-refractivity contribution in [3.8, 4) is 0 Å². The van der Waals surface area contributed by atoms with Gasteiger partial charge in [-0.05, 0) is 33.3 Å². The van der Waals surface area contributed by atoms with Gasteiger partial charge in [0.1, 0.15) is 18.2 Å². The number of carbonyl (C=O) groups is 2. The van der Waals surface area contributed by atoms with E-state index in [0.29, 0.717) is 16.9 Å². The maximum absolute atomic E-state index is 16.3. The zero-order valence-electron chi connectivity index (χ0n) is 27.3. The Hall–Kier alpha value is -3.49. The number of aromatic nitrogens is 4. The molecule has 0 aliphatic carbocycles. The van der Waals surface area contributed by atoms with Gasteiger partial charge in [0.05, 0.1) is 25.2 Å². The Morgan fingerprint density at radius 3 is 2.46 bits per heavy atom. The number of imidazole rings is 1. The Morgan fingerprint density at radius 2 is 1.85 bits per heavy atom. The summed E-state index contributed by atoms with van der Waals surface area (Å²) in [7, 11) is -0.353. The van der Waals surface area contributed by atoms with Crippen LogP contribution in [0.15, 0.2) is 36.7 Å². The van der Waals surface area contributed by atoms with Crippen molar-refractivity contribution in [2.75, 3.05) is 30.9 Å². The summed E-state index contributed by atoms with van der Waals surface area (Å²) < 4.78 is 48.9. The molecule has 3 aromatic rings. The second-order valence-corrected chi connectivity index (χ2v) is 14.5. The Morgan fingerprint density at radius 1 is 1.17 bits per heavy atom. The van der Waals surface area contributed by atoms with Crippen LogP contribution in [0.25, 0.3) is 11.2 Å². The molecule has 0 unspecified atom stereocenters. The molecule has 2 aromatic heterocycles. The van der Waals surface area contributed by atoms with Gasteiger partial charge in [-0.1, -0.05) is 44.2 Å². The number of aliphatic hydroxyl groups excluding tert-OH is 1. The maximum atomic E-state index is 16.3. The van der Waals surface area contributed by atoms with Crippen LogP contribution in [-0.4, -0.2) is 87.2 Å². The van der Waals surface area contributed by atoms with Crippen molar-refractivity contribution in [1.29, 1.82) is 0 Å². The zero-order valence-corrected chi connectivity index (χ0v) is 28.2. The Labute approximate surface area is 267 Å². The predicted molar refractivity (Wildman–Crippen MR) is 170 cm³/mol. The molecule has 4 rings (SSSR count). The van der Waals surface area contributed by atoms with Gasteiger partial charge < -0.3 is 24.0 Å². The van der Waals surface area contributed by atoms with E-state index in [2.05, 4.69) is 25.4 Å². The van der Waals surface area contributed by atoms with Gasteiger partial charge in [0.15, 0.2) is 28.9 Å². The summed E-state index contributed by atoms with van der Waals surface area (Å²) in [6.07, 6.45) is -3.56.